The van der Waals surface area contributed by atoms with Gasteiger partial charge in [-0.3, -0.25) is 14.5 Å². The van der Waals surface area contributed by atoms with Crippen LogP contribution in [0.25, 0.3) is 0 Å². The predicted octanol–water partition coefficient (Wildman–Crippen LogP) is 1.82. The molecule has 0 aromatic carbocycles. The maximum absolute atomic E-state index is 12.0. The molecule has 1 heterocycles. The Morgan fingerprint density at radius 2 is 1.89 bits per heavy atom. The Balaban J connectivity index is 2.74. The molecule has 1 unspecified atom stereocenters. The average molecular weight is 271 g/mol. The molecule has 1 rings (SSSR count). The van der Waals surface area contributed by atoms with E-state index in [1.54, 1.807) is 20.8 Å². The smallest absolute Gasteiger partial charge is 0.410 e. The number of hydrogen-bond acceptors (Lipinski definition) is 4. The number of ketones is 1. The zero-order chi connectivity index (χ0) is 14.6. The van der Waals surface area contributed by atoms with Crippen molar-refractivity contribution >= 4 is 17.8 Å². The standard InChI is InChI=1S/C13H21NO5/c1-13(2,3)19-12(18)14-7-5-4-6-9(14)10(15)8-11(16)17/h9H,4-8H2,1-3H3,(H,16,17). The SMILES string of the molecule is CC(C)(C)OC(=O)N1CCCCC1C(=O)CC(=O)O. The predicted molar refractivity (Wildman–Crippen MR) is 67.8 cm³/mol. The highest BCUT2D eigenvalue weighted by Crippen LogP contribution is 2.21. The van der Waals surface area contributed by atoms with E-state index in [-0.39, 0.29) is 0 Å². The average Bonchev–Trinajstić information content (AvgIpc) is 2.25. The van der Waals surface area contributed by atoms with Crippen molar-refractivity contribution < 1.29 is 24.2 Å². The van der Waals surface area contributed by atoms with Gasteiger partial charge in [0.2, 0.25) is 0 Å². The van der Waals surface area contributed by atoms with Gasteiger partial charge in [-0.1, -0.05) is 0 Å². The number of carbonyl (C=O) groups is 3. The monoisotopic (exact) mass is 271 g/mol. The molecule has 0 spiro atoms. The molecule has 0 saturated carbocycles. The van der Waals surface area contributed by atoms with Gasteiger partial charge in [-0.25, -0.2) is 4.79 Å². The lowest BCUT2D eigenvalue weighted by atomic mass is 9.97. The summed E-state index contributed by atoms with van der Waals surface area (Å²) in [7, 11) is 0. The third kappa shape index (κ3) is 4.89. The third-order valence-electron chi connectivity index (χ3n) is 2.83. The lowest BCUT2D eigenvalue weighted by molar-refractivity contribution is -0.142. The second kappa shape index (κ2) is 6.04. The zero-order valence-electron chi connectivity index (χ0n) is 11.6. The first-order valence-corrected chi connectivity index (χ1v) is 6.45. The minimum atomic E-state index is -1.17. The van der Waals surface area contributed by atoms with Crippen LogP contribution in [0.3, 0.4) is 0 Å². The van der Waals surface area contributed by atoms with Gasteiger partial charge < -0.3 is 9.84 Å². The van der Waals surface area contributed by atoms with Gasteiger partial charge in [0.25, 0.3) is 0 Å². The highest BCUT2D eigenvalue weighted by Gasteiger charge is 2.35. The van der Waals surface area contributed by atoms with Crippen molar-refractivity contribution in [2.24, 2.45) is 0 Å². The van der Waals surface area contributed by atoms with Crippen LogP contribution >= 0.6 is 0 Å². The number of rotatable bonds is 3. The van der Waals surface area contributed by atoms with Crippen LogP contribution in [-0.4, -0.2) is 46.0 Å². The summed E-state index contributed by atoms with van der Waals surface area (Å²) in [4.78, 5) is 35.8. The van der Waals surface area contributed by atoms with Crippen LogP contribution in [0.15, 0.2) is 0 Å². The number of hydrogen-bond donors (Lipinski definition) is 1. The molecule has 1 N–H and O–H groups in total. The Morgan fingerprint density at radius 3 is 2.42 bits per heavy atom. The molecular weight excluding hydrogens is 250 g/mol. The quantitative estimate of drug-likeness (QED) is 0.791. The van der Waals surface area contributed by atoms with E-state index in [0.29, 0.717) is 13.0 Å². The van der Waals surface area contributed by atoms with Gasteiger partial charge in [-0.2, -0.15) is 0 Å². The van der Waals surface area contributed by atoms with E-state index in [1.807, 2.05) is 0 Å². The van der Waals surface area contributed by atoms with Crippen LogP contribution in [0.2, 0.25) is 0 Å². The number of carboxylic acid groups (broad SMARTS) is 1. The maximum atomic E-state index is 12.0. The van der Waals surface area contributed by atoms with Crippen molar-refractivity contribution in [2.45, 2.75) is 58.1 Å². The van der Waals surface area contributed by atoms with Crippen LogP contribution in [0.4, 0.5) is 4.79 Å². The first kappa shape index (κ1) is 15.5. The van der Waals surface area contributed by atoms with Crippen molar-refractivity contribution in [3.63, 3.8) is 0 Å². The topological polar surface area (TPSA) is 83.9 Å². The number of piperidine rings is 1. The number of Topliss-reactive ketones (excluding diaryl/α,β-unsaturated/α-hetero) is 1. The van der Waals surface area contributed by atoms with E-state index in [4.69, 9.17) is 9.84 Å². The van der Waals surface area contributed by atoms with Crippen molar-refractivity contribution in [2.75, 3.05) is 6.54 Å². The highest BCUT2D eigenvalue weighted by atomic mass is 16.6. The van der Waals surface area contributed by atoms with Gasteiger partial charge in [-0.05, 0) is 40.0 Å². The molecule has 0 aromatic heterocycles. The van der Waals surface area contributed by atoms with Gasteiger partial charge in [-0.15, -0.1) is 0 Å². The van der Waals surface area contributed by atoms with Gasteiger partial charge in [0.15, 0.2) is 5.78 Å². The minimum absolute atomic E-state index is 0.432. The fourth-order valence-corrected chi connectivity index (χ4v) is 2.07. The fourth-order valence-electron chi connectivity index (χ4n) is 2.07. The first-order chi connectivity index (χ1) is 8.70. The third-order valence-corrected chi connectivity index (χ3v) is 2.83. The van der Waals surface area contributed by atoms with E-state index in [0.717, 1.165) is 12.8 Å². The molecule has 1 amide bonds. The summed E-state index contributed by atoms with van der Waals surface area (Å²) in [6, 6.07) is -0.667. The van der Waals surface area contributed by atoms with Gasteiger partial charge >= 0.3 is 12.1 Å². The number of likely N-dealkylation sites (tertiary alicyclic amines) is 1. The Hall–Kier alpha value is -1.59. The van der Waals surface area contributed by atoms with E-state index in [1.165, 1.54) is 4.90 Å². The van der Waals surface area contributed by atoms with Crippen LogP contribution < -0.4 is 0 Å². The van der Waals surface area contributed by atoms with Gasteiger partial charge in [0.1, 0.15) is 12.0 Å². The number of aliphatic carboxylic acids is 1. The van der Waals surface area contributed by atoms with E-state index >= 15 is 0 Å². The lowest BCUT2D eigenvalue weighted by Crippen LogP contribution is -2.50. The highest BCUT2D eigenvalue weighted by molar-refractivity contribution is 5.99. The second-order valence-electron chi connectivity index (χ2n) is 5.72. The van der Waals surface area contributed by atoms with Crippen molar-refractivity contribution in [1.29, 1.82) is 0 Å². The molecule has 1 aliphatic heterocycles. The maximum Gasteiger partial charge on any atom is 0.410 e. The molecule has 0 radical (unpaired) electrons. The molecule has 1 aliphatic rings. The molecular formula is C13H21NO5. The van der Waals surface area contributed by atoms with Crippen molar-refractivity contribution in [3.05, 3.63) is 0 Å². The van der Waals surface area contributed by atoms with E-state index < -0.39 is 35.9 Å². The molecule has 1 fully saturated rings. The Kier molecular flexibility index (Phi) is 4.91. The Labute approximate surface area is 112 Å². The van der Waals surface area contributed by atoms with Crippen LogP contribution in [-0.2, 0) is 14.3 Å². The van der Waals surface area contributed by atoms with Gasteiger partial charge in [0.05, 0.1) is 6.04 Å². The van der Waals surface area contributed by atoms with Crippen LogP contribution in [0, 0.1) is 0 Å². The Bertz CT molecular complexity index is 372. The zero-order valence-corrected chi connectivity index (χ0v) is 11.6. The summed E-state index contributed by atoms with van der Waals surface area (Å²) in [6.45, 7) is 5.69. The van der Waals surface area contributed by atoms with Crippen LogP contribution in [0.5, 0.6) is 0 Å². The van der Waals surface area contributed by atoms with E-state index in [9.17, 15) is 14.4 Å². The van der Waals surface area contributed by atoms with Crippen LogP contribution in [0.1, 0.15) is 46.5 Å². The molecule has 1 atom stereocenters. The number of amides is 1. The largest absolute Gasteiger partial charge is 0.481 e. The fraction of sp³-hybridized carbons (Fsp3) is 0.769. The first-order valence-electron chi connectivity index (χ1n) is 6.45. The summed E-state index contributed by atoms with van der Waals surface area (Å²) >= 11 is 0. The molecule has 6 nitrogen and oxygen atoms in total. The number of nitrogens with zero attached hydrogens (tertiary/aromatic N) is 1. The normalized spacial score (nSPS) is 19.9. The molecule has 0 aromatic rings. The van der Waals surface area contributed by atoms with Crippen molar-refractivity contribution in [1.82, 2.24) is 4.90 Å². The van der Waals surface area contributed by atoms with Gasteiger partial charge in [0, 0.05) is 6.54 Å². The Morgan fingerprint density at radius 1 is 1.26 bits per heavy atom. The molecule has 0 bridgehead atoms. The number of carbonyl (C=O) groups excluding carboxylic acids is 2. The number of carboxylic acids is 1. The molecule has 6 heteroatoms. The van der Waals surface area contributed by atoms with Crippen molar-refractivity contribution in [3.8, 4) is 0 Å². The number of ether oxygens (including phenoxy) is 1. The minimum Gasteiger partial charge on any atom is -0.481 e. The summed E-state index contributed by atoms with van der Waals surface area (Å²) in [5.74, 6) is -1.60. The summed E-state index contributed by atoms with van der Waals surface area (Å²) in [6.07, 6.45) is 1.02. The van der Waals surface area contributed by atoms with E-state index in [2.05, 4.69) is 0 Å². The summed E-state index contributed by atoms with van der Waals surface area (Å²) in [5, 5.41) is 8.67. The lowest BCUT2D eigenvalue weighted by Gasteiger charge is -2.35. The molecule has 19 heavy (non-hydrogen) atoms. The molecule has 108 valence electrons. The molecule has 1 saturated heterocycles. The summed E-state index contributed by atoms with van der Waals surface area (Å²) in [5.41, 5.74) is -0.630. The summed E-state index contributed by atoms with van der Waals surface area (Å²) < 4.78 is 5.25. The second-order valence-corrected chi connectivity index (χ2v) is 5.72. The molecule has 0 aliphatic carbocycles.